The zero-order valence-corrected chi connectivity index (χ0v) is 9.30. The predicted molar refractivity (Wildman–Crippen MR) is 61.2 cm³/mol. The molecule has 0 fully saturated rings. The Morgan fingerprint density at radius 1 is 1.47 bits per heavy atom. The van der Waals surface area contributed by atoms with E-state index in [1.54, 1.807) is 6.07 Å². The van der Waals surface area contributed by atoms with Crippen LogP contribution in [0.15, 0.2) is 29.8 Å². The van der Waals surface area contributed by atoms with Crippen LogP contribution in [0.25, 0.3) is 0 Å². The lowest BCUT2D eigenvalue weighted by Gasteiger charge is -2.05. The molecule has 0 aromatic heterocycles. The minimum absolute atomic E-state index is 0.00472. The fourth-order valence-electron chi connectivity index (χ4n) is 1.04. The smallest absolute Gasteiger partial charge is 0.248 e. The number of carbonyl (C=O) groups excluding carboxylic acids is 1. The third-order valence-electron chi connectivity index (χ3n) is 1.64. The van der Waals surface area contributed by atoms with Crippen LogP contribution in [-0.2, 0) is 4.79 Å². The van der Waals surface area contributed by atoms with Gasteiger partial charge in [0, 0.05) is 11.1 Å². The van der Waals surface area contributed by atoms with E-state index in [1.165, 1.54) is 18.2 Å². The number of carbonyl (C=O) groups is 1. The van der Waals surface area contributed by atoms with Crippen LogP contribution < -0.4 is 5.32 Å². The lowest BCUT2D eigenvalue weighted by molar-refractivity contribution is -0.112. The van der Waals surface area contributed by atoms with E-state index in [0.29, 0.717) is 10.7 Å². The van der Waals surface area contributed by atoms with Gasteiger partial charge in [0.05, 0.1) is 5.69 Å². The van der Waals surface area contributed by atoms with E-state index in [9.17, 15) is 9.90 Å². The van der Waals surface area contributed by atoms with Crippen molar-refractivity contribution >= 4 is 23.2 Å². The molecule has 2 N–H and O–H groups in total. The molecule has 1 amide bonds. The molecule has 0 aliphatic heterocycles. The molecular formula is C11H12ClNO2. The maximum absolute atomic E-state index is 11.3. The van der Waals surface area contributed by atoms with E-state index in [1.807, 2.05) is 13.8 Å². The third-order valence-corrected chi connectivity index (χ3v) is 1.87. The van der Waals surface area contributed by atoms with Crippen molar-refractivity contribution in [3.63, 3.8) is 0 Å². The molecule has 0 unspecified atom stereocenters. The number of allylic oxidation sites excluding steroid dienone is 1. The Morgan fingerprint density at radius 2 is 2.13 bits per heavy atom. The third kappa shape index (κ3) is 3.64. The van der Waals surface area contributed by atoms with E-state index in [-0.39, 0.29) is 11.7 Å². The molecule has 0 bridgehead atoms. The highest BCUT2D eigenvalue weighted by atomic mass is 35.5. The van der Waals surface area contributed by atoms with Crippen molar-refractivity contribution in [2.45, 2.75) is 13.8 Å². The number of anilines is 1. The zero-order chi connectivity index (χ0) is 11.4. The first-order valence-electron chi connectivity index (χ1n) is 4.43. The lowest BCUT2D eigenvalue weighted by Crippen LogP contribution is -2.08. The summed E-state index contributed by atoms with van der Waals surface area (Å²) in [5.74, 6) is -0.289. The Hall–Kier alpha value is -1.48. The number of hydrogen-bond acceptors (Lipinski definition) is 2. The summed E-state index contributed by atoms with van der Waals surface area (Å²) in [5.41, 5.74) is 1.19. The molecule has 0 saturated carbocycles. The quantitative estimate of drug-likeness (QED) is 0.601. The summed E-state index contributed by atoms with van der Waals surface area (Å²) in [6, 6.07) is 4.47. The number of aromatic hydroxyl groups is 1. The number of hydrogen-bond donors (Lipinski definition) is 2. The normalized spacial score (nSPS) is 9.53. The van der Waals surface area contributed by atoms with Crippen LogP contribution in [0.5, 0.6) is 5.75 Å². The molecule has 1 aromatic carbocycles. The summed E-state index contributed by atoms with van der Waals surface area (Å²) < 4.78 is 0. The number of amides is 1. The second-order valence-electron chi connectivity index (χ2n) is 3.37. The SMILES string of the molecule is CC(C)=CC(=O)Nc1cc(Cl)ccc1O. The van der Waals surface area contributed by atoms with Gasteiger partial charge in [-0.15, -0.1) is 0 Å². The van der Waals surface area contributed by atoms with Crippen LogP contribution >= 0.6 is 11.6 Å². The molecule has 0 heterocycles. The van der Waals surface area contributed by atoms with E-state index in [0.717, 1.165) is 5.57 Å². The van der Waals surface area contributed by atoms with Gasteiger partial charge in [-0.2, -0.15) is 0 Å². The maximum atomic E-state index is 11.3. The summed E-state index contributed by atoms with van der Waals surface area (Å²) in [7, 11) is 0. The lowest BCUT2D eigenvalue weighted by atomic mass is 10.2. The van der Waals surface area contributed by atoms with Crippen molar-refractivity contribution in [3.8, 4) is 5.75 Å². The first kappa shape index (κ1) is 11.6. The highest BCUT2D eigenvalue weighted by molar-refractivity contribution is 6.31. The maximum Gasteiger partial charge on any atom is 0.248 e. The van der Waals surface area contributed by atoms with Gasteiger partial charge in [0.15, 0.2) is 0 Å². The molecule has 0 radical (unpaired) electrons. The van der Waals surface area contributed by atoms with Gasteiger partial charge in [0.2, 0.25) is 5.91 Å². The predicted octanol–water partition coefficient (Wildman–Crippen LogP) is 2.95. The van der Waals surface area contributed by atoms with Crippen LogP contribution in [0.2, 0.25) is 5.02 Å². The van der Waals surface area contributed by atoms with Crippen LogP contribution in [0.4, 0.5) is 5.69 Å². The molecule has 1 aromatic rings. The van der Waals surface area contributed by atoms with Gasteiger partial charge in [-0.3, -0.25) is 4.79 Å². The fourth-order valence-corrected chi connectivity index (χ4v) is 1.21. The van der Waals surface area contributed by atoms with Gasteiger partial charge >= 0.3 is 0 Å². The average Bonchev–Trinajstić information content (AvgIpc) is 2.10. The van der Waals surface area contributed by atoms with Gasteiger partial charge in [-0.05, 0) is 32.0 Å². The van der Waals surface area contributed by atoms with Crippen LogP contribution in [0.1, 0.15) is 13.8 Å². The van der Waals surface area contributed by atoms with Crippen molar-refractivity contribution in [1.29, 1.82) is 0 Å². The molecule has 80 valence electrons. The molecule has 0 atom stereocenters. The van der Waals surface area contributed by atoms with Gasteiger partial charge in [-0.25, -0.2) is 0 Å². The topological polar surface area (TPSA) is 49.3 Å². The number of halogens is 1. The van der Waals surface area contributed by atoms with Crippen LogP contribution in [0, 0.1) is 0 Å². The van der Waals surface area contributed by atoms with E-state index >= 15 is 0 Å². The van der Waals surface area contributed by atoms with Gasteiger partial charge < -0.3 is 10.4 Å². The summed E-state index contributed by atoms with van der Waals surface area (Å²) in [4.78, 5) is 11.3. The first-order valence-corrected chi connectivity index (χ1v) is 4.81. The van der Waals surface area contributed by atoms with Crippen molar-refractivity contribution in [3.05, 3.63) is 34.9 Å². The van der Waals surface area contributed by atoms with Gasteiger partial charge in [0.25, 0.3) is 0 Å². The Morgan fingerprint density at radius 3 is 2.73 bits per heavy atom. The summed E-state index contributed by atoms with van der Waals surface area (Å²) in [6.45, 7) is 3.63. The molecule has 3 nitrogen and oxygen atoms in total. The van der Waals surface area contributed by atoms with Gasteiger partial charge in [0.1, 0.15) is 5.75 Å². The average molecular weight is 226 g/mol. The molecule has 15 heavy (non-hydrogen) atoms. The highest BCUT2D eigenvalue weighted by Gasteiger charge is 2.04. The second kappa shape index (κ2) is 4.84. The van der Waals surface area contributed by atoms with Crippen molar-refractivity contribution < 1.29 is 9.90 Å². The summed E-state index contributed by atoms with van der Waals surface area (Å²) in [5, 5.41) is 12.4. The van der Waals surface area contributed by atoms with E-state index < -0.39 is 0 Å². The highest BCUT2D eigenvalue weighted by Crippen LogP contribution is 2.26. The van der Waals surface area contributed by atoms with E-state index in [4.69, 9.17) is 11.6 Å². The van der Waals surface area contributed by atoms with E-state index in [2.05, 4.69) is 5.32 Å². The molecule has 0 spiro atoms. The van der Waals surface area contributed by atoms with Crippen molar-refractivity contribution in [2.24, 2.45) is 0 Å². The van der Waals surface area contributed by atoms with Crippen LogP contribution in [0.3, 0.4) is 0 Å². The van der Waals surface area contributed by atoms with Crippen molar-refractivity contribution in [1.82, 2.24) is 0 Å². The second-order valence-corrected chi connectivity index (χ2v) is 3.81. The number of nitrogens with one attached hydrogen (secondary N) is 1. The molecular weight excluding hydrogens is 214 g/mol. The minimum Gasteiger partial charge on any atom is -0.506 e. The molecule has 4 heteroatoms. The number of phenolic OH excluding ortho intramolecular Hbond substituents is 1. The Kier molecular flexibility index (Phi) is 3.74. The standard InChI is InChI=1S/C11H12ClNO2/c1-7(2)5-11(15)13-9-6-8(12)3-4-10(9)14/h3-6,14H,1-2H3,(H,13,15). The Balaban J connectivity index is 2.85. The largest absolute Gasteiger partial charge is 0.506 e. The molecule has 1 rings (SSSR count). The Labute approximate surface area is 93.4 Å². The Bertz CT molecular complexity index is 409. The summed E-state index contributed by atoms with van der Waals surface area (Å²) >= 11 is 5.73. The summed E-state index contributed by atoms with van der Waals surface area (Å²) in [6.07, 6.45) is 1.44. The number of rotatable bonds is 2. The molecule has 0 saturated heterocycles. The molecule has 0 aliphatic rings. The number of phenols is 1. The zero-order valence-electron chi connectivity index (χ0n) is 8.54. The monoisotopic (exact) mass is 225 g/mol. The van der Waals surface area contributed by atoms with Gasteiger partial charge in [-0.1, -0.05) is 17.2 Å². The molecule has 0 aliphatic carbocycles. The fraction of sp³-hybridized carbons (Fsp3) is 0.182. The number of benzene rings is 1. The van der Waals surface area contributed by atoms with Crippen molar-refractivity contribution in [2.75, 3.05) is 5.32 Å². The minimum atomic E-state index is -0.285. The van der Waals surface area contributed by atoms with Crippen LogP contribution in [-0.4, -0.2) is 11.0 Å². The first-order chi connectivity index (χ1) is 6.99.